The average molecular weight is 583 g/mol. The molecule has 0 amide bonds. The lowest BCUT2D eigenvalue weighted by Crippen LogP contribution is -2.52. The fourth-order valence-electron chi connectivity index (χ4n) is 7.50. The highest BCUT2D eigenvalue weighted by molar-refractivity contribution is 6.02. The number of nitrogens with zero attached hydrogens (tertiary/aromatic N) is 5. The van der Waals surface area contributed by atoms with Gasteiger partial charge in [-0.3, -0.25) is 9.88 Å². The molecule has 2 N–H and O–H groups in total. The molecule has 8 nitrogen and oxygen atoms in total. The van der Waals surface area contributed by atoms with Gasteiger partial charge in [0, 0.05) is 60.8 Å². The molecule has 3 aliphatic heterocycles. The summed E-state index contributed by atoms with van der Waals surface area (Å²) in [5.74, 6) is 2.58. The third-order valence-electron chi connectivity index (χ3n) is 9.78. The van der Waals surface area contributed by atoms with Crippen LogP contribution in [0, 0.1) is 18.2 Å². The quantitative estimate of drug-likeness (QED) is 0.331. The van der Waals surface area contributed by atoms with Crippen molar-refractivity contribution in [3.63, 3.8) is 0 Å². The van der Waals surface area contributed by atoms with Crippen molar-refractivity contribution in [3.8, 4) is 35.4 Å². The van der Waals surface area contributed by atoms with Gasteiger partial charge in [0.1, 0.15) is 35.6 Å². The van der Waals surface area contributed by atoms with E-state index in [9.17, 15) is 9.50 Å². The van der Waals surface area contributed by atoms with Crippen molar-refractivity contribution in [3.05, 3.63) is 47.9 Å². The van der Waals surface area contributed by atoms with Crippen LogP contribution in [-0.2, 0) is 0 Å². The summed E-state index contributed by atoms with van der Waals surface area (Å²) in [6, 6.07) is 8.54. The van der Waals surface area contributed by atoms with Crippen LogP contribution in [0.25, 0.3) is 32.9 Å². The maximum absolute atomic E-state index is 16.7. The van der Waals surface area contributed by atoms with E-state index in [1.54, 1.807) is 24.4 Å². The number of benzene rings is 2. The zero-order chi connectivity index (χ0) is 29.3. The Hall–Kier alpha value is -4.07. The summed E-state index contributed by atoms with van der Waals surface area (Å²) in [7, 11) is 0. The molecule has 4 aliphatic rings. The van der Waals surface area contributed by atoms with Gasteiger partial charge in [-0.2, -0.15) is 9.97 Å². The van der Waals surface area contributed by atoms with Gasteiger partial charge in [0.05, 0.1) is 10.9 Å². The summed E-state index contributed by atoms with van der Waals surface area (Å²) >= 11 is 0. The van der Waals surface area contributed by atoms with E-state index in [1.807, 2.05) is 6.07 Å². The third kappa shape index (κ3) is 4.36. The van der Waals surface area contributed by atoms with Gasteiger partial charge in [0.2, 0.25) is 0 Å². The smallest absolute Gasteiger partial charge is 0.319 e. The predicted octanol–water partition coefficient (Wildman–Crippen LogP) is 4.57. The Kier molecular flexibility index (Phi) is 6.01. The molecule has 1 saturated carbocycles. The fraction of sp³-hybridized carbons (Fsp3) is 0.424. The first-order chi connectivity index (χ1) is 20.9. The maximum atomic E-state index is 16.7. The van der Waals surface area contributed by atoms with Crippen LogP contribution >= 0.6 is 0 Å². The third-order valence-corrected chi connectivity index (χ3v) is 9.78. The first kappa shape index (κ1) is 26.5. The Morgan fingerprint density at radius 3 is 2.91 bits per heavy atom. The van der Waals surface area contributed by atoms with Crippen molar-refractivity contribution < 1.29 is 18.6 Å². The molecule has 2 aromatic heterocycles. The van der Waals surface area contributed by atoms with Crippen LogP contribution in [0.2, 0.25) is 0 Å². The molecule has 8 rings (SSSR count). The molecule has 2 aromatic carbocycles. The molecule has 4 fully saturated rings. The van der Waals surface area contributed by atoms with Gasteiger partial charge < -0.3 is 20.1 Å². The number of aromatic nitrogens is 3. The van der Waals surface area contributed by atoms with Crippen molar-refractivity contribution in [2.45, 2.75) is 49.4 Å². The van der Waals surface area contributed by atoms with Crippen LogP contribution in [0.1, 0.15) is 37.7 Å². The number of rotatable bonds is 5. The average Bonchev–Trinajstić information content (AvgIpc) is 3.50. The van der Waals surface area contributed by atoms with E-state index in [4.69, 9.17) is 16.1 Å². The molecule has 2 atom stereocenters. The predicted molar refractivity (Wildman–Crippen MR) is 161 cm³/mol. The molecule has 1 aliphatic carbocycles. The Morgan fingerprint density at radius 1 is 1.19 bits per heavy atom. The summed E-state index contributed by atoms with van der Waals surface area (Å²) in [6.45, 7) is 3.73. The van der Waals surface area contributed by atoms with E-state index in [1.165, 1.54) is 6.07 Å². The van der Waals surface area contributed by atoms with Crippen molar-refractivity contribution in [2.75, 3.05) is 44.2 Å². The molecule has 5 heterocycles. The standard InChI is InChI=1S/C33H32F2N6O2/c1-2-20-5-3-6-21-13-23(42)14-24(26(20)21)28-27(35)29-25(16-36-28)30(40-12-10-37-32(18-40)8-9-32)39-31(38-29)43-19-33-7-4-11-41(33)17-22(34)15-33/h1,3,5-6,13-14,16,22,37,42H,4,7-12,15,17-19H2/t22-,33+/m1/s1. The van der Waals surface area contributed by atoms with Gasteiger partial charge in [-0.15, -0.1) is 6.42 Å². The SMILES string of the molecule is C#Cc1cccc2cc(O)cc(-c3ncc4c(N5CCNC6(CC6)C5)nc(OC[C@@]56CCCN5C[C@H](F)C6)nc4c3F)c12. The number of pyridine rings is 1. The lowest BCUT2D eigenvalue weighted by molar-refractivity contribution is 0.107. The highest BCUT2D eigenvalue weighted by Gasteiger charge is 2.50. The van der Waals surface area contributed by atoms with Gasteiger partial charge in [0.25, 0.3) is 0 Å². The van der Waals surface area contributed by atoms with Crippen molar-refractivity contribution in [2.24, 2.45) is 0 Å². The van der Waals surface area contributed by atoms with E-state index in [2.05, 4.69) is 31.0 Å². The van der Waals surface area contributed by atoms with Crippen LogP contribution in [0.15, 0.2) is 36.5 Å². The summed E-state index contributed by atoms with van der Waals surface area (Å²) in [4.78, 5) is 18.3. The summed E-state index contributed by atoms with van der Waals surface area (Å²) in [6.07, 6.45) is 10.9. The fourth-order valence-corrected chi connectivity index (χ4v) is 7.50. The number of anilines is 1. The van der Waals surface area contributed by atoms with E-state index < -0.39 is 12.0 Å². The second-order valence-corrected chi connectivity index (χ2v) is 12.5. The van der Waals surface area contributed by atoms with E-state index in [-0.39, 0.29) is 40.7 Å². The van der Waals surface area contributed by atoms with E-state index in [0.29, 0.717) is 52.6 Å². The zero-order valence-corrected chi connectivity index (χ0v) is 23.7. The van der Waals surface area contributed by atoms with Gasteiger partial charge in [0.15, 0.2) is 5.82 Å². The van der Waals surface area contributed by atoms with Crippen LogP contribution in [-0.4, -0.2) is 81.5 Å². The first-order valence-electron chi connectivity index (χ1n) is 15.0. The number of nitrogens with one attached hydrogen (secondary N) is 1. The molecule has 43 heavy (non-hydrogen) atoms. The summed E-state index contributed by atoms with van der Waals surface area (Å²) < 4.78 is 37.4. The van der Waals surface area contributed by atoms with Gasteiger partial charge in [-0.05, 0) is 55.8 Å². The van der Waals surface area contributed by atoms with Gasteiger partial charge >= 0.3 is 6.01 Å². The molecular weight excluding hydrogens is 550 g/mol. The van der Waals surface area contributed by atoms with Gasteiger partial charge in [-0.25, -0.2) is 8.78 Å². The second-order valence-electron chi connectivity index (χ2n) is 12.5. The number of hydrogen-bond donors (Lipinski definition) is 2. The van der Waals surface area contributed by atoms with E-state index in [0.717, 1.165) is 45.3 Å². The van der Waals surface area contributed by atoms with Gasteiger partial charge in [-0.1, -0.05) is 18.1 Å². The highest BCUT2D eigenvalue weighted by Crippen LogP contribution is 2.43. The molecule has 0 unspecified atom stereocenters. The highest BCUT2D eigenvalue weighted by atomic mass is 19.1. The maximum Gasteiger partial charge on any atom is 0.319 e. The number of aromatic hydroxyl groups is 1. The monoisotopic (exact) mass is 582 g/mol. The summed E-state index contributed by atoms with van der Waals surface area (Å²) in [5, 5.41) is 15.9. The van der Waals surface area contributed by atoms with E-state index >= 15 is 4.39 Å². The number of fused-ring (bicyclic) bond motifs is 3. The molecule has 3 saturated heterocycles. The van der Waals surface area contributed by atoms with Crippen LogP contribution in [0.3, 0.4) is 0 Å². The Bertz CT molecular complexity index is 1820. The Morgan fingerprint density at radius 2 is 2.07 bits per heavy atom. The van der Waals surface area contributed by atoms with Crippen LogP contribution in [0.5, 0.6) is 11.8 Å². The van der Waals surface area contributed by atoms with Crippen molar-refractivity contribution in [1.29, 1.82) is 0 Å². The number of phenolic OH excluding ortho intramolecular Hbond substituents is 1. The van der Waals surface area contributed by atoms with Crippen molar-refractivity contribution >= 4 is 27.5 Å². The zero-order valence-electron chi connectivity index (χ0n) is 23.7. The molecular formula is C33H32F2N6O2. The molecule has 220 valence electrons. The lowest BCUT2D eigenvalue weighted by atomic mass is 9.95. The Balaban J connectivity index is 1.27. The minimum atomic E-state index is -0.886. The number of piperazine rings is 1. The number of terminal acetylenes is 1. The number of halogens is 2. The Labute approximate surface area is 248 Å². The first-order valence-corrected chi connectivity index (χ1v) is 15.0. The van der Waals surface area contributed by atoms with Crippen LogP contribution in [0.4, 0.5) is 14.6 Å². The second kappa shape index (κ2) is 9.73. The molecule has 4 aromatic rings. The largest absolute Gasteiger partial charge is 0.508 e. The molecule has 10 heteroatoms. The minimum absolute atomic E-state index is 0.0241. The minimum Gasteiger partial charge on any atom is -0.508 e. The van der Waals surface area contributed by atoms with Crippen LogP contribution < -0.4 is 15.0 Å². The number of hydrogen-bond acceptors (Lipinski definition) is 8. The number of phenols is 1. The topological polar surface area (TPSA) is 86.6 Å². The van der Waals surface area contributed by atoms with Crippen molar-refractivity contribution in [1.82, 2.24) is 25.2 Å². The normalized spacial score (nSPS) is 24.5. The number of ether oxygens (including phenoxy) is 1. The lowest BCUT2D eigenvalue weighted by Gasteiger charge is -2.35. The molecule has 0 bridgehead atoms. The molecule has 1 spiro atoms. The number of alkyl halides is 1. The summed E-state index contributed by atoms with van der Waals surface area (Å²) in [5.41, 5.74) is 0.725. The molecule has 0 radical (unpaired) electrons.